The van der Waals surface area contributed by atoms with Gasteiger partial charge in [-0.3, -0.25) is 4.79 Å². The van der Waals surface area contributed by atoms with Crippen LogP contribution < -0.4 is 10.2 Å². The lowest BCUT2D eigenvalue weighted by Gasteiger charge is -2.29. The fourth-order valence-corrected chi connectivity index (χ4v) is 4.79. The predicted molar refractivity (Wildman–Crippen MR) is 125 cm³/mol. The molecule has 0 aliphatic carbocycles. The lowest BCUT2D eigenvalue weighted by Crippen LogP contribution is -2.36. The summed E-state index contributed by atoms with van der Waals surface area (Å²) in [6.45, 7) is 5.06. The first-order valence-electron chi connectivity index (χ1n) is 9.95. The number of anilines is 2. The number of carbonyl (C=O) groups excluding carboxylic acids is 1. The quantitative estimate of drug-likeness (QED) is 0.432. The second-order valence-electron chi connectivity index (χ2n) is 7.45. The molecule has 5 rings (SSSR count). The number of halogens is 1. The molecule has 1 aromatic heterocycles. The van der Waals surface area contributed by atoms with Gasteiger partial charge in [-0.05, 0) is 36.8 Å². The zero-order chi connectivity index (χ0) is 21.5. The maximum absolute atomic E-state index is 12.6. The fraction of sp³-hybridized carbons (Fsp3) is 0.217. The minimum atomic E-state index is -0.367. The van der Waals surface area contributed by atoms with Crippen molar-refractivity contribution >= 4 is 51.6 Å². The predicted octanol–water partition coefficient (Wildman–Crippen LogP) is 4.99. The molecule has 2 aliphatic rings. The normalized spacial score (nSPS) is 17.5. The largest absolute Gasteiger partial charge is 0.505 e. The molecule has 1 saturated heterocycles. The van der Waals surface area contributed by atoms with E-state index in [0.717, 1.165) is 48.1 Å². The highest BCUT2D eigenvalue weighted by Gasteiger charge is 2.30. The monoisotopic (exact) mass is 453 g/mol. The number of benzene rings is 2. The summed E-state index contributed by atoms with van der Waals surface area (Å²) in [6.07, 6.45) is 0. The molecule has 3 heterocycles. The molecule has 1 amide bonds. The number of rotatable bonds is 3. The first-order valence-corrected chi connectivity index (χ1v) is 11.2. The molecule has 0 spiro atoms. The Kier molecular flexibility index (Phi) is 5.17. The Morgan fingerprint density at radius 1 is 1.19 bits per heavy atom. The van der Waals surface area contributed by atoms with E-state index >= 15 is 0 Å². The van der Waals surface area contributed by atoms with Crippen LogP contribution in [0.25, 0.3) is 22.5 Å². The molecule has 158 valence electrons. The number of ether oxygens (including phenoxy) is 1. The summed E-state index contributed by atoms with van der Waals surface area (Å²) in [5.41, 5.74) is 4.67. The summed E-state index contributed by atoms with van der Waals surface area (Å²) in [7, 11) is 0. The molecule has 2 N–H and O–H groups in total. The zero-order valence-electron chi connectivity index (χ0n) is 16.8. The highest BCUT2D eigenvalue weighted by Crippen LogP contribution is 2.42. The summed E-state index contributed by atoms with van der Waals surface area (Å²) >= 11 is 7.98. The van der Waals surface area contributed by atoms with Gasteiger partial charge in [0.25, 0.3) is 5.91 Å². The topological polar surface area (TPSA) is 74.7 Å². The summed E-state index contributed by atoms with van der Waals surface area (Å²) in [6, 6.07) is 11.8. The molecule has 0 atom stereocenters. The zero-order valence-corrected chi connectivity index (χ0v) is 18.4. The molecule has 31 heavy (non-hydrogen) atoms. The highest BCUT2D eigenvalue weighted by atomic mass is 35.5. The van der Waals surface area contributed by atoms with Crippen LogP contribution in [-0.2, 0) is 9.53 Å². The van der Waals surface area contributed by atoms with Crippen molar-refractivity contribution in [2.24, 2.45) is 0 Å². The third-order valence-electron chi connectivity index (χ3n) is 5.50. The number of fused-ring (bicyclic) bond motifs is 1. The van der Waals surface area contributed by atoms with E-state index in [4.69, 9.17) is 16.3 Å². The van der Waals surface area contributed by atoms with Gasteiger partial charge in [0.2, 0.25) is 0 Å². The van der Waals surface area contributed by atoms with E-state index in [1.165, 1.54) is 11.3 Å². The number of thiazole rings is 1. The van der Waals surface area contributed by atoms with Crippen molar-refractivity contribution in [3.8, 4) is 11.1 Å². The number of hydrogen-bond donors (Lipinski definition) is 2. The van der Waals surface area contributed by atoms with Gasteiger partial charge in [0.05, 0.1) is 34.5 Å². The minimum Gasteiger partial charge on any atom is -0.505 e. The number of nitrogens with zero attached hydrogens (tertiary/aromatic N) is 2. The molecule has 2 aromatic carbocycles. The number of hydrogen-bond acceptors (Lipinski definition) is 6. The Hall–Kier alpha value is -2.87. The number of morpholine rings is 1. The maximum Gasteiger partial charge on any atom is 0.260 e. The Balaban J connectivity index is 1.54. The Labute approximate surface area is 188 Å². The summed E-state index contributed by atoms with van der Waals surface area (Å²) < 4.78 is 5.42. The minimum absolute atomic E-state index is 0.128. The number of aliphatic hydroxyl groups is 1. The second-order valence-corrected chi connectivity index (χ2v) is 8.92. The van der Waals surface area contributed by atoms with E-state index in [1.54, 1.807) is 11.4 Å². The third kappa shape index (κ3) is 3.69. The molecule has 0 bridgehead atoms. The van der Waals surface area contributed by atoms with Crippen LogP contribution in [0.2, 0.25) is 5.02 Å². The van der Waals surface area contributed by atoms with Crippen molar-refractivity contribution in [2.45, 2.75) is 6.92 Å². The molecular formula is C23H20ClN3O3S. The van der Waals surface area contributed by atoms with Crippen molar-refractivity contribution in [3.05, 3.63) is 63.1 Å². The van der Waals surface area contributed by atoms with E-state index < -0.39 is 0 Å². The van der Waals surface area contributed by atoms with Crippen LogP contribution >= 0.6 is 22.9 Å². The van der Waals surface area contributed by atoms with Gasteiger partial charge in [-0.25, -0.2) is 4.98 Å². The molecule has 2 aliphatic heterocycles. The van der Waals surface area contributed by atoms with Gasteiger partial charge in [-0.1, -0.05) is 23.7 Å². The highest BCUT2D eigenvalue weighted by molar-refractivity contribution is 7.09. The first kappa shape index (κ1) is 20.1. The summed E-state index contributed by atoms with van der Waals surface area (Å²) in [5, 5.41) is 16.7. The number of aliphatic hydroxyl groups excluding tert-OH is 1. The number of aromatic nitrogens is 1. The number of nitrogens with one attached hydrogen (secondary N) is 1. The summed E-state index contributed by atoms with van der Waals surface area (Å²) in [5.74, 6) is -0.495. The van der Waals surface area contributed by atoms with Crippen molar-refractivity contribution < 1.29 is 14.6 Å². The van der Waals surface area contributed by atoms with Crippen LogP contribution in [0.1, 0.15) is 16.3 Å². The third-order valence-corrected chi connectivity index (χ3v) is 6.59. The molecule has 0 saturated carbocycles. The molecule has 0 radical (unpaired) electrons. The number of aryl methyl sites for hydroxylation is 1. The van der Waals surface area contributed by atoms with Crippen molar-refractivity contribution in [2.75, 3.05) is 36.5 Å². The molecule has 8 heteroatoms. The van der Waals surface area contributed by atoms with Crippen LogP contribution in [-0.4, -0.2) is 42.3 Å². The van der Waals surface area contributed by atoms with Gasteiger partial charge in [0.1, 0.15) is 5.69 Å². The maximum atomic E-state index is 12.6. The van der Waals surface area contributed by atoms with Gasteiger partial charge in [-0.15, -0.1) is 11.3 Å². The lowest BCUT2D eigenvalue weighted by atomic mass is 9.98. The molecule has 1 fully saturated rings. The van der Waals surface area contributed by atoms with Crippen LogP contribution in [0, 0.1) is 6.92 Å². The summed E-state index contributed by atoms with van der Waals surface area (Å²) in [4.78, 5) is 19.2. The first-order chi connectivity index (χ1) is 15.0. The van der Waals surface area contributed by atoms with Crippen LogP contribution in [0.4, 0.5) is 11.4 Å². The van der Waals surface area contributed by atoms with E-state index in [0.29, 0.717) is 22.0 Å². The average Bonchev–Trinajstić information content (AvgIpc) is 3.35. The number of carbonyl (C=O) groups is 1. The molecule has 6 nitrogen and oxygen atoms in total. The van der Waals surface area contributed by atoms with Gasteiger partial charge in [0.15, 0.2) is 5.76 Å². The standard InChI is InChI=1S/C23H20ClN3O3S/c1-13-25-20(12-31-13)22(28)21-17-10-16(18(24)11-19(17)26-23(21)29)14-2-4-15(5-3-14)27-6-8-30-9-7-27/h2-5,10-12,28H,6-9H2,1H3,(H,26,29)/b22-21+. The average molecular weight is 454 g/mol. The Morgan fingerprint density at radius 2 is 1.94 bits per heavy atom. The van der Waals surface area contributed by atoms with Crippen molar-refractivity contribution in [1.29, 1.82) is 0 Å². The second kappa shape index (κ2) is 8.00. The van der Waals surface area contributed by atoms with E-state index in [9.17, 15) is 9.90 Å². The smallest absolute Gasteiger partial charge is 0.260 e. The lowest BCUT2D eigenvalue weighted by molar-refractivity contribution is -0.110. The van der Waals surface area contributed by atoms with Gasteiger partial charge in [-0.2, -0.15) is 0 Å². The van der Waals surface area contributed by atoms with Gasteiger partial charge >= 0.3 is 0 Å². The molecular weight excluding hydrogens is 434 g/mol. The molecule has 0 unspecified atom stereocenters. The van der Waals surface area contributed by atoms with E-state index in [-0.39, 0.29) is 17.2 Å². The van der Waals surface area contributed by atoms with Crippen LogP contribution in [0.15, 0.2) is 41.8 Å². The SMILES string of the molecule is Cc1nc(/C(O)=C2\C(=O)Nc3cc(Cl)c(-c4ccc(N5CCOCC5)cc4)cc32)cs1. The fourth-order valence-electron chi connectivity index (χ4n) is 3.92. The van der Waals surface area contributed by atoms with Gasteiger partial charge < -0.3 is 20.1 Å². The van der Waals surface area contributed by atoms with Crippen LogP contribution in [0.5, 0.6) is 0 Å². The Morgan fingerprint density at radius 3 is 2.61 bits per heavy atom. The van der Waals surface area contributed by atoms with E-state index in [2.05, 4.69) is 27.3 Å². The van der Waals surface area contributed by atoms with Crippen molar-refractivity contribution in [1.82, 2.24) is 4.98 Å². The van der Waals surface area contributed by atoms with Gasteiger partial charge in [0, 0.05) is 35.3 Å². The van der Waals surface area contributed by atoms with Crippen LogP contribution in [0.3, 0.4) is 0 Å². The molecule has 3 aromatic rings. The number of amides is 1. The van der Waals surface area contributed by atoms with Crippen molar-refractivity contribution in [3.63, 3.8) is 0 Å². The Bertz CT molecular complexity index is 1200. The van der Waals surface area contributed by atoms with E-state index in [1.807, 2.05) is 25.1 Å².